The first-order valence-corrected chi connectivity index (χ1v) is 5.86. The summed E-state index contributed by atoms with van der Waals surface area (Å²) in [4.78, 5) is 11.1. The number of amides is 1. The van der Waals surface area contributed by atoms with Crippen molar-refractivity contribution < 1.29 is 4.79 Å². The molecule has 3 rings (SSSR count). The van der Waals surface area contributed by atoms with Crippen LogP contribution in [0.2, 0.25) is 5.02 Å². The third kappa shape index (κ3) is 2.79. The highest BCUT2D eigenvalue weighted by Gasteiger charge is 2.21. The Morgan fingerprint density at radius 3 is 2.11 bits per heavy atom. The van der Waals surface area contributed by atoms with Gasteiger partial charge in [-0.3, -0.25) is 4.79 Å². The summed E-state index contributed by atoms with van der Waals surface area (Å²) in [5.41, 5.74) is 2.09. The van der Waals surface area contributed by atoms with Gasteiger partial charge in [-0.1, -0.05) is 60.6 Å². The van der Waals surface area contributed by atoms with E-state index in [-0.39, 0.29) is 5.91 Å². The molecule has 0 unspecified atom stereocenters. The molecule has 2 aromatic rings. The van der Waals surface area contributed by atoms with Crippen LogP contribution in [0.15, 0.2) is 61.2 Å². The smallest absolute Gasteiger partial charge is 0.255 e. The van der Waals surface area contributed by atoms with Crippen molar-refractivity contribution in [2.45, 2.75) is 0 Å². The van der Waals surface area contributed by atoms with Crippen molar-refractivity contribution in [1.82, 2.24) is 0 Å². The molecule has 0 aromatic heterocycles. The van der Waals surface area contributed by atoms with Crippen LogP contribution in [0.5, 0.6) is 0 Å². The van der Waals surface area contributed by atoms with Gasteiger partial charge in [-0.15, -0.1) is 0 Å². The normalized spacial score (nSPS) is 12.3. The first-order chi connectivity index (χ1) is 8.68. The molecular weight excluding hydrogens is 246 g/mol. The van der Waals surface area contributed by atoms with Crippen LogP contribution in [0.3, 0.4) is 0 Å². The largest absolute Gasteiger partial charge is 0.321 e. The summed E-state index contributed by atoms with van der Waals surface area (Å²) >= 11 is 5.74. The average molecular weight is 258 g/mol. The maximum Gasteiger partial charge on any atom is 0.255 e. The summed E-state index contributed by atoms with van der Waals surface area (Å²) in [5.74, 6) is -0.146. The Balaban J connectivity index is 0.000000169. The van der Waals surface area contributed by atoms with Crippen molar-refractivity contribution in [1.29, 1.82) is 0 Å². The lowest BCUT2D eigenvalue weighted by atomic mass is 10.1. The molecule has 1 aliphatic rings. The van der Waals surface area contributed by atoms with Gasteiger partial charge < -0.3 is 5.32 Å². The standard InChI is InChI=1S/C9H6ClNO.C6H6/c1-5-7-3-2-6(10)4-8(7)11-9(5)12;1-2-4-6-5-3-1/h2-4H,1H2,(H,11,12);1-6H. The molecule has 2 nitrogen and oxygen atoms in total. The van der Waals surface area contributed by atoms with Gasteiger partial charge in [0.2, 0.25) is 0 Å². The fourth-order valence-corrected chi connectivity index (χ4v) is 1.76. The highest BCUT2D eigenvalue weighted by atomic mass is 35.5. The highest BCUT2D eigenvalue weighted by Crippen LogP contribution is 2.32. The summed E-state index contributed by atoms with van der Waals surface area (Å²) in [6.45, 7) is 3.65. The molecule has 2 aromatic carbocycles. The second-order valence-electron chi connectivity index (χ2n) is 3.78. The number of anilines is 1. The minimum Gasteiger partial charge on any atom is -0.321 e. The molecule has 1 amide bonds. The molecule has 0 saturated carbocycles. The van der Waals surface area contributed by atoms with E-state index in [2.05, 4.69) is 11.9 Å². The SMILES string of the molecule is C=C1C(=O)Nc2cc(Cl)ccc21.c1ccccc1. The minimum atomic E-state index is -0.146. The van der Waals surface area contributed by atoms with Gasteiger partial charge in [-0.25, -0.2) is 0 Å². The topological polar surface area (TPSA) is 29.1 Å². The Morgan fingerprint density at radius 1 is 1.00 bits per heavy atom. The second kappa shape index (κ2) is 5.52. The molecule has 1 aliphatic heterocycles. The summed E-state index contributed by atoms with van der Waals surface area (Å²) in [6.07, 6.45) is 0. The van der Waals surface area contributed by atoms with Crippen molar-refractivity contribution in [3.8, 4) is 0 Å². The molecule has 1 heterocycles. The summed E-state index contributed by atoms with van der Waals surface area (Å²) < 4.78 is 0. The second-order valence-corrected chi connectivity index (χ2v) is 4.21. The Bertz CT molecular complexity index is 552. The quantitative estimate of drug-likeness (QED) is 0.711. The predicted octanol–water partition coefficient (Wildman–Crippen LogP) is 3.99. The van der Waals surface area contributed by atoms with Crippen LogP contribution < -0.4 is 5.32 Å². The van der Waals surface area contributed by atoms with Gasteiger partial charge >= 0.3 is 0 Å². The molecule has 0 fully saturated rings. The minimum absolute atomic E-state index is 0.146. The molecule has 3 heteroatoms. The van der Waals surface area contributed by atoms with Gasteiger partial charge in [0.1, 0.15) is 0 Å². The monoisotopic (exact) mass is 257 g/mol. The van der Waals surface area contributed by atoms with E-state index < -0.39 is 0 Å². The van der Waals surface area contributed by atoms with E-state index in [1.54, 1.807) is 18.2 Å². The van der Waals surface area contributed by atoms with Gasteiger partial charge in [0.05, 0.1) is 5.69 Å². The average Bonchev–Trinajstić information content (AvgIpc) is 2.67. The van der Waals surface area contributed by atoms with Crippen molar-refractivity contribution >= 4 is 28.8 Å². The van der Waals surface area contributed by atoms with E-state index in [1.165, 1.54) is 0 Å². The zero-order valence-electron chi connectivity index (χ0n) is 9.69. The van der Waals surface area contributed by atoms with Gasteiger partial charge in [-0.05, 0) is 12.1 Å². The molecule has 0 spiro atoms. The van der Waals surface area contributed by atoms with Gasteiger partial charge in [0, 0.05) is 16.2 Å². The van der Waals surface area contributed by atoms with Crippen molar-refractivity contribution in [3.63, 3.8) is 0 Å². The number of benzene rings is 2. The van der Waals surface area contributed by atoms with Crippen LogP contribution in [0, 0.1) is 0 Å². The van der Waals surface area contributed by atoms with Gasteiger partial charge in [-0.2, -0.15) is 0 Å². The lowest BCUT2D eigenvalue weighted by Crippen LogP contribution is -2.02. The number of carbonyl (C=O) groups is 1. The van der Waals surface area contributed by atoms with Crippen LogP contribution in [0.1, 0.15) is 5.56 Å². The number of halogens is 1. The van der Waals surface area contributed by atoms with E-state index in [0.29, 0.717) is 10.6 Å². The Morgan fingerprint density at radius 2 is 1.56 bits per heavy atom. The molecule has 0 atom stereocenters. The summed E-state index contributed by atoms with van der Waals surface area (Å²) in [7, 11) is 0. The summed E-state index contributed by atoms with van der Waals surface area (Å²) in [5, 5.41) is 3.28. The van der Waals surface area contributed by atoms with E-state index in [4.69, 9.17) is 11.6 Å². The van der Waals surface area contributed by atoms with Crippen LogP contribution in [0.4, 0.5) is 5.69 Å². The predicted molar refractivity (Wildman–Crippen MR) is 75.6 cm³/mol. The molecule has 18 heavy (non-hydrogen) atoms. The van der Waals surface area contributed by atoms with Gasteiger partial charge in [0.25, 0.3) is 5.91 Å². The van der Waals surface area contributed by atoms with Crippen LogP contribution in [0.25, 0.3) is 5.57 Å². The summed E-state index contributed by atoms with van der Waals surface area (Å²) in [6, 6.07) is 17.2. The van der Waals surface area contributed by atoms with Crippen LogP contribution in [-0.4, -0.2) is 5.91 Å². The van der Waals surface area contributed by atoms with Crippen molar-refractivity contribution in [3.05, 3.63) is 71.8 Å². The molecule has 0 saturated heterocycles. The number of rotatable bonds is 0. The number of carbonyl (C=O) groups excluding carboxylic acids is 1. The van der Waals surface area contributed by atoms with Crippen molar-refractivity contribution in [2.24, 2.45) is 0 Å². The van der Waals surface area contributed by atoms with Crippen LogP contribution >= 0.6 is 11.6 Å². The Hall–Kier alpha value is -2.06. The van der Waals surface area contributed by atoms with E-state index in [1.807, 2.05) is 36.4 Å². The fraction of sp³-hybridized carbons (Fsp3) is 0. The maximum absolute atomic E-state index is 11.1. The molecule has 0 bridgehead atoms. The number of hydrogen-bond acceptors (Lipinski definition) is 1. The van der Waals surface area contributed by atoms with E-state index >= 15 is 0 Å². The third-order valence-electron chi connectivity index (χ3n) is 2.50. The van der Waals surface area contributed by atoms with E-state index in [0.717, 1.165) is 11.3 Å². The number of fused-ring (bicyclic) bond motifs is 1. The number of nitrogens with one attached hydrogen (secondary N) is 1. The van der Waals surface area contributed by atoms with Gasteiger partial charge in [0.15, 0.2) is 0 Å². The lowest BCUT2D eigenvalue weighted by molar-refractivity contribution is -0.110. The fourth-order valence-electron chi connectivity index (χ4n) is 1.59. The number of hydrogen-bond donors (Lipinski definition) is 1. The van der Waals surface area contributed by atoms with Crippen LogP contribution in [-0.2, 0) is 4.79 Å². The zero-order valence-corrected chi connectivity index (χ0v) is 10.4. The zero-order chi connectivity index (χ0) is 13.0. The first-order valence-electron chi connectivity index (χ1n) is 5.48. The molecule has 90 valence electrons. The molecule has 0 aliphatic carbocycles. The van der Waals surface area contributed by atoms with E-state index in [9.17, 15) is 4.79 Å². The Labute approximate surface area is 111 Å². The Kier molecular flexibility index (Phi) is 3.80. The van der Waals surface area contributed by atoms with Crippen molar-refractivity contribution in [2.75, 3.05) is 5.32 Å². The molecule has 1 N–H and O–H groups in total. The maximum atomic E-state index is 11.1. The third-order valence-corrected chi connectivity index (χ3v) is 2.73. The highest BCUT2D eigenvalue weighted by molar-refractivity contribution is 6.34. The molecule has 0 radical (unpaired) electrons. The molecular formula is C15H12ClNO. The lowest BCUT2D eigenvalue weighted by Gasteiger charge is -1.96. The first kappa shape index (κ1) is 12.4.